The van der Waals surface area contributed by atoms with Crippen molar-refractivity contribution in [2.75, 3.05) is 112 Å². The number of urea groups is 1. The second kappa shape index (κ2) is 31.1. The minimum Gasteiger partial charge on any atom is -0.507 e. The van der Waals surface area contributed by atoms with E-state index in [0.29, 0.717) is 80.5 Å². The van der Waals surface area contributed by atoms with Gasteiger partial charge in [0.2, 0.25) is 17.8 Å². The SMILES string of the molecule is CC(C)(c1ccc(C(C)(c2cc(CO)c(O)c(CO)c2)c2cc(CO)c(O)c(CO)c2)cc1)c1cc(CO)c(O)c(CO)c1.COCN(C)c1nc(N(C)COC)nc(N(COC)COC)n1.COCN1C(=O)N(COC)C(C)C1C. The van der Waals surface area contributed by atoms with Gasteiger partial charge >= 0.3 is 6.03 Å². The van der Waals surface area contributed by atoms with E-state index in [9.17, 15) is 50.8 Å². The van der Waals surface area contributed by atoms with Crippen molar-refractivity contribution in [1.82, 2.24) is 24.8 Å². The van der Waals surface area contributed by atoms with E-state index in [1.54, 1.807) is 104 Å². The molecule has 0 radical (unpaired) electrons. The summed E-state index contributed by atoms with van der Waals surface area (Å²) in [6.07, 6.45) is 0. The van der Waals surface area contributed by atoms with Gasteiger partial charge in [0.1, 0.15) is 57.6 Å². The van der Waals surface area contributed by atoms with Crippen LogP contribution in [0.15, 0.2) is 60.7 Å². The summed E-state index contributed by atoms with van der Waals surface area (Å²) in [5.41, 5.74) is 3.45. The summed E-state index contributed by atoms with van der Waals surface area (Å²) in [5.74, 6) is 0.833. The molecule has 448 valence electrons. The van der Waals surface area contributed by atoms with E-state index in [-0.39, 0.29) is 57.6 Å². The van der Waals surface area contributed by atoms with Crippen LogP contribution >= 0.6 is 0 Å². The summed E-state index contributed by atoms with van der Waals surface area (Å²) < 4.78 is 30.6. The summed E-state index contributed by atoms with van der Waals surface area (Å²) in [7, 11) is 13.3. The summed E-state index contributed by atoms with van der Waals surface area (Å²) >= 11 is 0. The van der Waals surface area contributed by atoms with Gasteiger partial charge in [-0.3, -0.25) is 14.7 Å². The molecule has 1 aliphatic heterocycles. The highest BCUT2D eigenvalue weighted by molar-refractivity contribution is 5.77. The van der Waals surface area contributed by atoms with Crippen LogP contribution in [-0.2, 0) is 78.9 Å². The number of hydrogen-bond donors (Lipinski definition) is 9. The van der Waals surface area contributed by atoms with Crippen molar-refractivity contribution in [3.05, 3.63) is 122 Å². The minimum atomic E-state index is -1.03. The largest absolute Gasteiger partial charge is 0.507 e. The molecule has 2 heterocycles. The maximum absolute atomic E-state index is 11.8. The van der Waals surface area contributed by atoms with E-state index in [4.69, 9.17) is 28.4 Å². The van der Waals surface area contributed by atoms with Crippen LogP contribution in [0.4, 0.5) is 22.6 Å². The van der Waals surface area contributed by atoms with Crippen LogP contribution in [-0.4, -0.2) is 186 Å². The molecule has 24 nitrogen and oxygen atoms in total. The number of methoxy groups -OCH3 is 6. The Morgan fingerprint density at radius 1 is 0.457 bits per heavy atom. The van der Waals surface area contributed by atoms with Crippen molar-refractivity contribution < 1.29 is 79.2 Å². The van der Waals surface area contributed by atoms with Crippen molar-refractivity contribution in [1.29, 1.82) is 0 Å². The van der Waals surface area contributed by atoms with Gasteiger partial charge in [-0.15, -0.1) is 0 Å². The van der Waals surface area contributed by atoms with Crippen molar-refractivity contribution in [3.8, 4) is 17.2 Å². The lowest BCUT2D eigenvalue weighted by Gasteiger charge is -2.35. The number of rotatable bonds is 26. The molecule has 1 fully saturated rings. The molecule has 2 amide bonds. The molecule has 24 heteroatoms. The molecule has 9 N–H and O–H groups in total. The number of aliphatic hydroxyl groups is 6. The van der Waals surface area contributed by atoms with Gasteiger partial charge in [-0.05, 0) is 85.0 Å². The van der Waals surface area contributed by atoms with Gasteiger partial charge < -0.3 is 84.2 Å². The lowest BCUT2D eigenvalue weighted by molar-refractivity contribution is 0.0671. The summed E-state index contributed by atoms with van der Waals surface area (Å²) in [6.45, 7) is 9.15. The van der Waals surface area contributed by atoms with Crippen molar-refractivity contribution in [3.63, 3.8) is 0 Å². The first-order valence-corrected chi connectivity index (χ1v) is 25.9. The Bertz CT molecular complexity index is 2600. The number of phenols is 3. The van der Waals surface area contributed by atoms with Gasteiger partial charge in [0, 0.05) is 101 Å². The lowest BCUT2D eigenvalue weighted by Crippen LogP contribution is -2.36. The molecule has 4 aromatic carbocycles. The number of benzene rings is 4. The van der Waals surface area contributed by atoms with Crippen molar-refractivity contribution in [2.45, 2.75) is 97.2 Å². The van der Waals surface area contributed by atoms with Crippen LogP contribution in [0, 0.1) is 0 Å². The second-order valence-electron chi connectivity index (χ2n) is 20.1. The average Bonchev–Trinajstić information content (AvgIpc) is 3.88. The number of hydrogen-bond acceptors (Lipinski definition) is 22. The Morgan fingerprint density at radius 3 is 1.05 bits per heavy atom. The maximum atomic E-state index is 11.8. The van der Waals surface area contributed by atoms with Crippen LogP contribution in [0.25, 0.3) is 0 Å². The average molecular weight is 1140 g/mol. The Morgan fingerprint density at radius 2 is 0.753 bits per heavy atom. The molecule has 2 unspecified atom stereocenters. The van der Waals surface area contributed by atoms with Crippen LogP contribution in [0.3, 0.4) is 0 Å². The molecule has 1 aromatic heterocycles. The quantitative estimate of drug-likeness (QED) is 0.0278. The van der Waals surface area contributed by atoms with E-state index >= 15 is 0 Å². The fraction of sp³-hybridized carbons (Fsp3) is 0.509. The molecule has 0 aliphatic carbocycles. The lowest BCUT2D eigenvalue weighted by atomic mass is 9.68. The molecule has 2 atom stereocenters. The number of ether oxygens (including phenoxy) is 6. The van der Waals surface area contributed by atoms with Gasteiger partial charge in [-0.25, -0.2) is 4.79 Å². The predicted molar refractivity (Wildman–Crippen MR) is 302 cm³/mol. The fourth-order valence-corrected chi connectivity index (χ4v) is 9.28. The predicted octanol–water partition coefficient (Wildman–Crippen LogP) is 4.11. The molecule has 0 saturated carbocycles. The normalized spacial score (nSPS) is 14.4. The van der Waals surface area contributed by atoms with Gasteiger partial charge in [0.15, 0.2) is 0 Å². The first kappa shape index (κ1) is 67.0. The smallest absolute Gasteiger partial charge is 0.324 e. The second-order valence-corrected chi connectivity index (χ2v) is 20.1. The molecule has 0 bridgehead atoms. The summed E-state index contributed by atoms with van der Waals surface area (Å²) in [4.78, 5) is 33.8. The highest BCUT2D eigenvalue weighted by Crippen LogP contribution is 2.45. The number of aliphatic hydroxyl groups excluding tert-OH is 6. The molecule has 6 rings (SSSR count). The van der Waals surface area contributed by atoms with Gasteiger partial charge in [-0.1, -0.05) is 38.1 Å². The van der Waals surface area contributed by atoms with E-state index in [2.05, 4.69) is 15.0 Å². The Labute approximate surface area is 474 Å². The van der Waals surface area contributed by atoms with Crippen LogP contribution in [0.1, 0.15) is 95.8 Å². The third-order valence-electron chi connectivity index (χ3n) is 14.4. The highest BCUT2D eigenvalue weighted by Gasteiger charge is 2.40. The van der Waals surface area contributed by atoms with Crippen LogP contribution in [0.2, 0.25) is 0 Å². The monoisotopic (exact) mass is 1140 g/mol. The van der Waals surface area contributed by atoms with Crippen molar-refractivity contribution >= 4 is 23.9 Å². The summed E-state index contributed by atoms with van der Waals surface area (Å²) in [6, 6.07) is 18.0. The standard InChI is InChI=1S/C35H40O9.C13H26N6O4.C9H18N2O3/c1-34(2,28-8-20(14-36)31(42)21(9-28)15-37)26-4-6-27(7-5-26)35(3,29-10-22(16-38)32(43)23(11-29)17-39)30-12-24(18-40)33(44)25(13-30)19-41;1-17(7-20-3)11-14-12(18(2)8-21-4)16-13(15-11)19(9-22-5)10-23-6;1-7-8(2)11(6-14-4)9(12)10(7)5-13-3/h4-13,36-44H,14-19H2,1-3H3;7-10H2,1-6H3;7-8H,5-6H2,1-4H3. The zero-order valence-electron chi connectivity index (χ0n) is 48.9. The summed E-state index contributed by atoms with van der Waals surface area (Å²) in [5, 5.41) is 91.1. The Balaban J connectivity index is 0.000000315. The van der Waals surface area contributed by atoms with Crippen LogP contribution in [0.5, 0.6) is 17.2 Å². The molecule has 5 aromatic rings. The molecule has 1 aliphatic rings. The number of aromatic nitrogens is 3. The highest BCUT2D eigenvalue weighted by atomic mass is 16.5. The molecular formula is C57H84N8O16. The Kier molecular flexibility index (Phi) is 25.7. The first-order chi connectivity index (χ1) is 38.6. The zero-order valence-corrected chi connectivity index (χ0v) is 48.9. The number of aromatic hydroxyl groups is 3. The maximum Gasteiger partial charge on any atom is 0.324 e. The third-order valence-corrected chi connectivity index (χ3v) is 14.4. The molecule has 0 spiro atoms. The first-order valence-electron chi connectivity index (χ1n) is 25.9. The van der Waals surface area contributed by atoms with Gasteiger partial charge in [0.05, 0.1) is 51.7 Å². The van der Waals surface area contributed by atoms with E-state index in [1.807, 2.05) is 73.0 Å². The van der Waals surface area contributed by atoms with Gasteiger partial charge in [-0.2, -0.15) is 15.0 Å². The van der Waals surface area contributed by atoms with E-state index in [0.717, 1.165) is 16.7 Å². The number of carbonyl (C=O) groups is 1. The van der Waals surface area contributed by atoms with Crippen molar-refractivity contribution in [2.24, 2.45) is 0 Å². The van der Waals surface area contributed by atoms with E-state index < -0.39 is 50.5 Å². The number of nitrogens with zero attached hydrogens (tertiary/aromatic N) is 8. The fourth-order valence-electron chi connectivity index (χ4n) is 9.28. The van der Waals surface area contributed by atoms with Gasteiger partial charge in [0.25, 0.3) is 0 Å². The van der Waals surface area contributed by atoms with E-state index in [1.165, 1.54) is 0 Å². The molecule has 81 heavy (non-hydrogen) atoms. The minimum absolute atomic E-state index is 0.0197. The molecule has 1 saturated heterocycles. The van der Waals surface area contributed by atoms with Crippen LogP contribution < -0.4 is 14.7 Å². The third kappa shape index (κ3) is 15.5. The zero-order chi connectivity index (χ0) is 60.4. The number of amides is 2. The molecular weight excluding hydrogens is 1050 g/mol. The topological polar surface area (TPSA) is 309 Å². The number of anilines is 3. The Hall–Kier alpha value is -6.52. The number of carbonyl (C=O) groups excluding carboxylic acids is 1.